The van der Waals surface area contributed by atoms with Crippen molar-refractivity contribution in [2.45, 2.75) is 26.3 Å². The van der Waals surface area contributed by atoms with Crippen LogP contribution in [0.5, 0.6) is 0 Å². The third-order valence-electron chi connectivity index (χ3n) is 2.14. The van der Waals surface area contributed by atoms with E-state index < -0.39 is 0 Å². The van der Waals surface area contributed by atoms with E-state index in [0.717, 1.165) is 18.0 Å². The van der Waals surface area contributed by atoms with Crippen LogP contribution >= 0.6 is 11.3 Å². The van der Waals surface area contributed by atoms with Gasteiger partial charge in [-0.15, -0.1) is 11.3 Å². The zero-order valence-corrected chi connectivity index (χ0v) is 10.8. The molecule has 1 aromatic rings. The molecule has 88 valence electrons. The van der Waals surface area contributed by atoms with Gasteiger partial charge in [-0.1, -0.05) is 18.8 Å². The highest BCUT2D eigenvalue weighted by molar-refractivity contribution is 7.12. The van der Waals surface area contributed by atoms with Crippen molar-refractivity contribution in [3.05, 3.63) is 21.9 Å². The molecule has 0 atom stereocenters. The predicted octanol–water partition coefficient (Wildman–Crippen LogP) is 2.32. The maximum Gasteiger partial charge on any atom is 0.0771 e. The van der Waals surface area contributed by atoms with Crippen LogP contribution in [-0.2, 0) is 6.54 Å². The first-order chi connectivity index (χ1) is 7.76. The van der Waals surface area contributed by atoms with E-state index in [4.69, 9.17) is 5.11 Å². The van der Waals surface area contributed by atoms with Gasteiger partial charge in [-0.05, 0) is 32.1 Å². The van der Waals surface area contributed by atoms with E-state index in [1.54, 1.807) is 11.3 Å². The Kier molecular flexibility index (Phi) is 6.17. The van der Waals surface area contributed by atoms with Crippen LogP contribution in [0.4, 0.5) is 0 Å². The highest BCUT2D eigenvalue weighted by Crippen LogP contribution is 2.17. The van der Waals surface area contributed by atoms with Crippen molar-refractivity contribution in [2.24, 2.45) is 0 Å². The Morgan fingerprint density at radius 3 is 2.94 bits per heavy atom. The maximum absolute atomic E-state index is 8.62. The molecule has 16 heavy (non-hydrogen) atoms. The summed E-state index contributed by atoms with van der Waals surface area (Å²) in [5.41, 5.74) is 0. The molecule has 0 saturated heterocycles. The summed E-state index contributed by atoms with van der Waals surface area (Å²) in [6, 6.07) is 4.20. The first kappa shape index (κ1) is 13.2. The zero-order chi connectivity index (χ0) is 11.8. The molecule has 0 aliphatic carbocycles. The molecule has 0 spiro atoms. The van der Waals surface area contributed by atoms with E-state index in [0.29, 0.717) is 6.42 Å². The summed E-state index contributed by atoms with van der Waals surface area (Å²) >= 11 is 1.74. The van der Waals surface area contributed by atoms with E-state index in [1.807, 2.05) is 0 Å². The molecule has 1 rings (SSSR count). The lowest BCUT2D eigenvalue weighted by molar-refractivity contribution is 0.305. The Hall–Kier alpha value is -0.820. The average molecular weight is 237 g/mol. The van der Waals surface area contributed by atoms with Gasteiger partial charge in [0.25, 0.3) is 0 Å². The van der Waals surface area contributed by atoms with Crippen LogP contribution in [0, 0.1) is 11.8 Å². The van der Waals surface area contributed by atoms with E-state index in [-0.39, 0.29) is 6.61 Å². The number of thiophene rings is 1. The van der Waals surface area contributed by atoms with Crippen molar-refractivity contribution in [1.82, 2.24) is 4.90 Å². The van der Waals surface area contributed by atoms with Gasteiger partial charge in [0.2, 0.25) is 0 Å². The number of aliphatic hydroxyl groups excluding tert-OH is 1. The van der Waals surface area contributed by atoms with Gasteiger partial charge in [0.15, 0.2) is 0 Å². The minimum absolute atomic E-state index is 0.143. The number of nitrogens with zero attached hydrogens (tertiary/aromatic N) is 1. The fraction of sp³-hybridized carbons (Fsp3) is 0.538. The molecule has 3 heteroatoms. The van der Waals surface area contributed by atoms with Crippen LogP contribution in [0.2, 0.25) is 0 Å². The molecule has 0 amide bonds. The highest BCUT2D eigenvalue weighted by atomic mass is 32.1. The summed E-state index contributed by atoms with van der Waals surface area (Å²) in [4.78, 5) is 4.76. The molecule has 0 aromatic carbocycles. The van der Waals surface area contributed by atoms with Crippen molar-refractivity contribution in [3.63, 3.8) is 0 Å². The van der Waals surface area contributed by atoms with Gasteiger partial charge in [0, 0.05) is 17.8 Å². The summed E-state index contributed by atoms with van der Waals surface area (Å²) < 4.78 is 0. The predicted molar refractivity (Wildman–Crippen MR) is 69.5 cm³/mol. The number of hydrogen-bond donors (Lipinski definition) is 1. The molecular weight excluding hydrogens is 218 g/mol. The highest BCUT2D eigenvalue weighted by Gasteiger charge is 2.01. The third kappa shape index (κ3) is 4.80. The lowest BCUT2D eigenvalue weighted by atomic mass is 10.3. The van der Waals surface area contributed by atoms with Crippen LogP contribution < -0.4 is 0 Å². The summed E-state index contributed by atoms with van der Waals surface area (Å²) in [5.74, 6) is 6.00. The SMILES string of the molecule is CCCN(C)Cc1ccc(C#CCCO)s1. The van der Waals surface area contributed by atoms with Crippen molar-refractivity contribution in [2.75, 3.05) is 20.2 Å². The van der Waals surface area contributed by atoms with Crippen molar-refractivity contribution in [1.29, 1.82) is 0 Å². The van der Waals surface area contributed by atoms with E-state index in [9.17, 15) is 0 Å². The Bertz CT molecular complexity index is 361. The smallest absolute Gasteiger partial charge is 0.0771 e. The third-order valence-corrected chi connectivity index (χ3v) is 3.13. The topological polar surface area (TPSA) is 23.5 Å². The Balaban J connectivity index is 2.49. The summed E-state index contributed by atoms with van der Waals surface area (Å²) in [6.07, 6.45) is 1.74. The van der Waals surface area contributed by atoms with Crippen molar-refractivity contribution < 1.29 is 5.11 Å². The molecule has 1 N–H and O–H groups in total. The monoisotopic (exact) mass is 237 g/mol. The van der Waals surface area contributed by atoms with Crippen molar-refractivity contribution >= 4 is 11.3 Å². The molecule has 2 nitrogen and oxygen atoms in total. The summed E-state index contributed by atoms with van der Waals surface area (Å²) in [6.45, 7) is 4.46. The molecule has 0 fully saturated rings. The Labute approximate surface area is 102 Å². The second-order valence-corrected chi connectivity index (χ2v) is 4.95. The summed E-state index contributed by atoms with van der Waals surface area (Å²) in [7, 11) is 2.14. The zero-order valence-electron chi connectivity index (χ0n) is 9.99. The van der Waals surface area contributed by atoms with Gasteiger partial charge in [0.05, 0.1) is 11.5 Å². The molecule has 0 radical (unpaired) electrons. The molecule has 0 saturated carbocycles. The Morgan fingerprint density at radius 1 is 1.44 bits per heavy atom. The standard InChI is InChI=1S/C13H19NOS/c1-3-9-14(2)11-13-8-7-12(16-13)6-4-5-10-15/h7-8,15H,3,5,9-11H2,1-2H3. The fourth-order valence-corrected chi connectivity index (χ4v) is 2.43. The number of rotatable bonds is 5. The van der Waals surface area contributed by atoms with Crippen LogP contribution in [0.3, 0.4) is 0 Å². The largest absolute Gasteiger partial charge is 0.395 e. The molecule has 0 aliphatic rings. The van der Waals surface area contributed by atoms with Crippen molar-refractivity contribution in [3.8, 4) is 11.8 Å². The lowest BCUT2D eigenvalue weighted by Crippen LogP contribution is -2.17. The first-order valence-electron chi connectivity index (χ1n) is 5.63. The van der Waals surface area contributed by atoms with Crippen LogP contribution in [-0.4, -0.2) is 30.2 Å². The average Bonchev–Trinajstić information content (AvgIpc) is 2.66. The number of aliphatic hydroxyl groups is 1. The van der Waals surface area contributed by atoms with Gasteiger partial charge >= 0.3 is 0 Å². The van der Waals surface area contributed by atoms with Gasteiger partial charge in [-0.3, -0.25) is 0 Å². The van der Waals surface area contributed by atoms with Gasteiger partial charge in [0.1, 0.15) is 0 Å². The normalized spacial score (nSPS) is 10.2. The van der Waals surface area contributed by atoms with E-state index in [2.05, 4.69) is 42.8 Å². The van der Waals surface area contributed by atoms with Crippen LogP contribution in [0.15, 0.2) is 12.1 Å². The van der Waals surface area contributed by atoms with Gasteiger partial charge < -0.3 is 10.0 Å². The summed E-state index contributed by atoms with van der Waals surface area (Å²) in [5, 5.41) is 8.62. The molecule has 0 bridgehead atoms. The molecule has 0 aliphatic heterocycles. The second-order valence-electron chi connectivity index (χ2n) is 3.78. The lowest BCUT2D eigenvalue weighted by Gasteiger charge is -2.13. The van der Waals surface area contributed by atoms with Crippen LogP contribution in [0.25, 0.3) is 0 Å². The fourth-order valence-electron chi connectivity index (χ4n) is 1.46. The minimum atomic E-state index is 0.143. The van der Waals surface area contributed by atoms with E-state index >= 15 is 0 Å². The first-order valence-corrected chi connectivity index (χ1v) is 6.45. The maximum atomic E-state index is 8.62. The van der Waals surface area contributed by atoms with E-state index in [1.165, 1.54) is 11.3 Å². The molecular formula is C13H19NOS. The van der Waals surface area contributed by atoms with Gasteiger partial charge in [-0.25, -0.2) is 0 Å². The molecule has 1 heterocycles. The quantitative estimate of drug-likeness (QED) is 0.795. The van der Waals surface area contributed by atoms with Gasteiger partial charge in [-0.2, -0.15) is 0 Å². The minimum Gasteiger partial charge on any atom is -0.395 e. The number of hydrogen-bond acceptors (Lipinski definition) is 3. The second kappa shape index (κ2) is 7.45. The van der Waals surface area contributed by atoms with Crippen LogP contribution in [0.1, 0.15) is 29.5 Å². The Morgan fingerprint density at radius 2 is 2.25 bits per heavy atom. The molecule has 0 unspecified atom stereocenters. The molecule has 1 aromatic heterocycles.